The summed E-state index contributed by atoms with van der Waals surface area (Å²) in [6, 6.07) is 10.2. The summed E-state index contributed by atoms with van der Waals surface area (Å²) in [5.74, 6) is -0.455. The largest absolute Gasteiger partial charge is 0.493 e. The van der Waals surface area contributed by atoms with Crippen LogP contribution >= 0.6 is 0 Å². The number of anilines is 2. The van der Waals surface area contributed by atoms with E-state index in [4.69, 9.17) is 4.74 Å². The van der Waals surface area contributed by atoms with Gasteiger partial charge in [0.15, 0.2) is 17.3 Å². The Bertz CT molecular complexity index is 827. The fourth-order valence-corrected chi connectivity index (χ4v) is 2.34. The van der Waals surface area contributed by atoms with E-state index in [-0.39, 0.29) is 23.2 Å². The summed E-state index contributed by atoms with van der Waals surface area (Å²) < 4.78 is 34.4. The number of rotatable bonds is 8. The number of benzene rings is 2. The lowest BCUT2D eigenvalue weighted by atomic mass is 10.1. The van der Waals surface area contributed by atoms with Crippen LogP contribution in [0.15, 0.2) is 42.5 Å². The first-order valence-corrected chi connectivity index (χ1v) is 8.11. The number of Topliss-reactive ketones (excluding diaryl/α,β-unsaturated/α-hetero) is 1. The van der Waals surface area contributed by atoms with E-state index in [9.17, 15) is 18.4 Å². The summed E-state index contributed by atoms with van der Waals surface area (Å²) in [6.07, 6.45) is 0. The summed E-state index contributed by atoms with van der Waals surface area (Å²) in [5, 5.41) is 5.60. The van der Waals surface area contributed by atoms with Crippen molar-refractivity contribution in [2.24, 2.45) is 0 Å². The van der Waals surface area contributed by atoms with Crippen molar-refractivity contribution < 1.29 is 27.8 Å². The highest BCUT2D eigenvalue weighted by atomic mass is 19.3. The van der Waals surface area contributed by atoms with Gasteiger partial charge in [0.1, 0.15) is 6.04 Å². The molecule has 0 saturated carbocycles. The Hall–Kier alpha value is -3.16. The lowest BCUT2D eigenvalue weighted by molar-refractivity contribution is -0.116. The minimum absolute atomic E-state index is 0.109. The van der Waals surface area contributed by atoms with Crippen molar-refractivity contribution in [2.45, 2.75) is 26.5 Å². The first-order valence-electron chi connectivity index (χ1n) is 8.11. The molecule has 0 saturated heterocycles. The number of carbonyl (C=O) groups is 2. The zero-order valence-electron chi connectivity index (χ0n) is 15.1. The van der Waals surface area contributed by atoms with Crippen molar-refractivity contribution in [3.8, 4) is 11.5 Å². The van der Waals surface area contributed by atoms with Gasteiger partial charge < -0.3 is 20.1 Å². The Morgan fingerprint density at radius 2 is 1.78 bits per heavy atom. The third-order valence-electron chi connectivity index (χ3n) is 3.69. The van der Waals surface area contributed by atoms with Gasteiger partial charge in [-0.25, -0.2) is 0 Å². The lowest BCUT2D eigenvalue weighted by Crippen LogP contribution is -2.31. The predicted octanol–water partition coefficient (Wildman–Crippen LogP) is 3.94. The second kappa shape index (κ2) is 8.98. The Kier molecular flexibility index (Phi) is 6.70. The fourth-order valence-electron chi connectivity index (χ4n) is 2.34. The van der Waals surface area contributed by atoms with Gasteiger partial charge in [-0.1, -0.05) is 12.1 Å². The molecule has 2 aromatic carbocycles. The average Bonchev–Trinajstić information content (AvgIpc) is 2.61. The van der Waals surface area contributed by atoms with Gasteiger partial charge in [-0.2, -0.15) is 8.78 Å². The van der Waals surface area contributed by atoms with Crippen molar-refractivity contribution >= 4 is 23.1 Å². The zero-order chi connectivity index (χ0) is 20.0. The fraction of sp³-hybridized carbons (Fsp3) is 0.263. The maximum Gasteiger partial charge on any atom is 0.387 e. The van der Waals surface area contributed by atoms with E-state index in [0.29, 0.717) is 16.9 Å². The molecule has 0 aliphatic rings. The molecule has 1 atom stereocenters. The molecule has 2 rings (SSSR count). The number of carbonyl (C=O) groups excluding carboxylic acids is 2. The van der Waals surface area contributed by atoms with E-state index < -0.39 is 12.7 Å². The number of ether oxygens (including phenoxy) is 2. The summed E-state index contributed by atoms with van der Waals surface area (Å²) in [6.45, 7) is 0.0546. The number of ketones is 1. The van der Waals surface area contributed by atoms with Crippen LogP contribution in [0.5, 0.6) is 11.5 Å². The Labute approximate surface area is 155 Å². The topological polar surface area (TPSA) is 76.7 Å². The number of halogens is 2. The van der Waals surface area contributed by atoms with Gasteiger partial charge in [0, 0.05) is 23.0 Å². The summed E-state index contributed by atoms with van der Waals surface area (Å²) in [7, 11) is 1.34. The van der Waals surface area contributed by atoms with Crippen LogP contribution in [0.1, 0.15) is 24.2 Å². The van der Waals surface area contributed by atoms with E-state index in [0.717, 1.165) is 0 Å². The Balaban J connectivity index is 2.07. The minimum atomic E-state index is -3.00. The van der Waals surface area contributed by atoms with Crippen LogP contribution in [0.4, 0.5) is 20.2 Å². The molecule has 0 heterocycles. The highest BCUT2D eigenvalue weighted by Gasteiger charge is 2.16. The van der Waals surface area contributed by atoms with Crippen LogP contribution in [0.3, 0.4) is 0 Å². The van der Waals surface area contributed by atoms with Crippen LogP contribution < -0.4 is 20.1 Å². The maximum absolute atomic E-state index is 12.5. The summed E-state index contributed by atoms with van der Waals surface area (Å²) in [4.78, 5) is 23.8. The number of alkyl halides is 2. The van der Waals surface area contributed by atoms with Crippen LogP contribution in [-0.2, 0) is 4.79 Å². The highest BCUT2D eigenvalue weighted by Crippen LogP contribution is 2.31. The molecule has 0 aliphatic carbocycles. The molecule has 0 aliphatic heterocycles. The van der Waals surface area contributed by atoms with Gasteiger partial charge in [-0.15, -0.1) is 0 Å². The molecular formula is C19H20F2N2O4. The Morgan fingerprint density at radius 3 is 2.41 bits per heavy atom. The number of methoxy groups -OCH3 is 1. The van der Waals surface area contributed by atoms with Crippen molar-refractivity contribution in [3.63, 3.8) is 0 Å². The van der Waals surface area contributed by atoms with E-state index in [2.05, 4.69) is 15.4 Å². The number of nitrogens with one attached hydrogen (secondary N) is 2. The quantitative estimate of drug-likeness (QED) is 0.681. The maximum atomic E-state index is 12.5. The first-order chi connectivity index (χ1) is 12.8. The van der Waals surface area contributed by atoms with E-state index in [1.807, 2.05) is 0 Å². The van der Waals surface area contributed by atoms with Gasteiger partial charge in [0.25, 0.3) is 0 Å². The molecule has 0 spiro atoms. The second-order valence-electron chi connectivity index (χ2n) is 5.74. The van der Waals surface area contributed by atoms with Crippen LogP contribution in [-0.4, -0.2) is 31.5 Å². The molecule has 8 heteroatoms. The lowest BCUT2D eigenvalue weighted by Gasteiger charge is -2.17. The monoisotopic (exact) mass is 378 g/mol. The molecule has 0 aromatic heterocycles. The normalized spacial score (nSPS) is 11.6. The molecule has 0 radical (unpaired) electrons. The van der Waals surface area contributed by atoms with Gasteiger partial charge in [-0.3, -0.25) is 9.59 Å². The van der Waals surface area contributed by atoms with Gasteiger partial charge in [0.05, 0.1) is 7.11 Å². The molecule has 6 nitrogen and oxygen atoms in total. The van der Waals surface area contributed by atoms with Crippen molar-refractivity contribution in [1.29, 1.82) is 0 Å². The third kappa shape index (κ3) is 5.67. The smallest absolute Gasteiger partial charge is 0.387 e. The SMILES string of the molecule is COc1ccc(NC(C)C(=O)Nc2cccc(C(C)=O)c2)cc1OC(F)F. The van der Waals surface area contributed by atoms with E-state index >= 15 is 0 Å². The van der Waals surface area contributed by atoms with Crippen LogP contribution in [0.2, 0.25) is 0 Å². The van der Waals surface area contributed by atoms with Crippen molar-refractivity contribution in [2.75, 3.05) is 17.7 Å². The molecule has 0 bridgehead atoms. The van der Waals surface area contributed by atoms with Crippen LogP contribution in [0, 0.1) is 0 Å². The predicted molar refractivity (Wildman–Crippen MR) is 97.8 cm³/mol. The molecule has 0 fully saturated rings. The average molecular weight is 378 g/mol. The minimum Gasteiger partial charge on any atom is -0.493 e. The van der Waals surface area contributed by atoms with Crippen molar-refractivity contribution in [1.82, 2.24) is 0 Å². The van der Waals surface area contributed by atoms with E-state index in [1.54, 1.807) is 37.3 Å². The molecule has 1 unspecified atom stereocenters. The first kappa shape index (κ1) is 20.2. The second-order valence-corrected chi connectivity index (χ2v) is 5.74. The molecule has 27 heavy (non-hydrogen) atoms. The van der Waals surface area contributed by atoms with E-state index in [1.165, 1.54) is 26.2 Å². The molecule has 2 N–H and O–H groups in total. The molecule has 1 amide bonds. The molecule has 144 valence electrons. The summed E-state index contributed by atoms with van der Waals surface area (Å²) in [5.41, 5.74) is 1.38. The summed E-state index contributed by atoms with van der Waals surface area (Å²) >= 11 is 0. The van der Waals surface area contributed by atoms with Gasteiger partial charge in [-0.05, 0) is 38.1 Å². The molecule has 2 aromatic rings. The van der Waals surface area contributed by atoms with Gasteiger partial charge in [0.2, 0.25) is 5.91 Å². The number of hydrogen-bond donors (Lipinski definition) is 2. The Morgan fingerprint density at radius 1 is 1.04 bits per heavy atom. The van der Waals surface area contributed by atoms with Crippen molar-refractivity contribution in [3.05, 3.63) is 48.0 Å². The standard InChI is InChI=1S/C19H20F2N2O4/c1-11(18(25)23-14-6-4-5-13(9-14)12(2)24)22-15-7-8-16(26-3)17(10-15)27-19(20)21/h4-11,19,22H,1-3H3,(H,23,25). The zero-order valence-corrected chi connectivity index (χ0v) is 15.1. The highest BCUT2D eigenvalue weighted by molar-refractivity contribution is 5.99. The molecular weight excluding hydrogens is 358 g/mol. The number of hydrogen-bond acceptors (Lipinski definition) is 5. The number of amides is 1. The third-order valence-corrected chi connectivity index (χ3v) is 3.69. The van der Waals surface area contributed by atoms with Crippen LogP contribution in [0.25, 0.3) is 0 Å². The van der Waals surface area contributed by atoms with Gasteiger partial charge >= 0.3 is 6.61 Å².